The lowest BCUT2D eigenvalue weighted by molar-refractivity contribution is -0.267. The Kier molecular flexibility index (Phi) is 2.34. The maximum atomic E-state index is 11.0. The van der Waals surface area contributed by atoms with Crippen LogP contribution in [0, 0.1) is 5.92 Å². The maximum Gasteiger partial charge on any atom is 0.302 e. The molecule has 3 aliphatic rings. The summed E-state index contributed by atoms with van der Waals surface area (Å²) in [5.74, 6) is 0.176. The minimum atomic E-state index is -0.174. The van der Waals surface area contributed by atoms with E-state index in [9.17, 15) is 4.79 Å². The highest BCUT2D eigenvalue weighted by atomic mass is 16.6. The molecule has 1 aliphatic carbocycles. The van der Waals surface area contributed by atoms with E-state index in [2.05, 4.69) is 20.8 Å². The highest BCUT2D eigenvalue weighted by Gasteiger charge is 2.54. The van der Waals surface area contributed by atoms with Gasteiger partial charge in [-0.3, -0.25) is 4.79 Å². The summed E-state index contributed by atoms with van der Waals surface area (Å²) in [4.78, 5) is 11.0. The first-order chi connectivity index (χ1) is 6.82. The van der Waals surface area contributed by atoms with Crippen LogP contribution >= 0.6 is 0 Å². The van der Waals surface area contributed by atoms with Crippen LogP contribution in [-0.4, -0.2) is 23.3 Å². The molecule has 2 bridgehead atoms. The van der Waals surface area contributed by atoms with E-state index in [-0.39, 0.29) is 23.3 Å². The van der Waals surface area contributed by atoms with Crippen molar-refractivity contribution in [3.63, 3.8) is 0 Å². The number of rotatable bonds is 1. The van der Waals surface area contributed by atoms with Gasteiger partial charge in [-0.25, -0.2) is 0 Å². The van der Waals surface area contributed by atoms with Crippen molar-refractivity contribution >= 4 is 5.97 Å². The van der Waals surface area contributed by atoms with Gasteiger partial charge in [0.05, 0.1) is 11.2 Å². The van der Waals surface area contributed by atoms with Crippen molar-refractivity contribution < 1.29 is 14.3 Å². The van der Waals surface area contributed by atoms with Crippen molar-refractivity contribution in [2.45, 2.75) is 64.3 Å². The molecule has 0 aromatic rings. The average molecular weight is 212 g/mol. The third-order valence-electron chi connectivity index (χ3n) is 3.79. The van der Waals surface area contributed by atoms with Gasteiger partial charge >= 0.3 is 5.97 Å². The molecule has 3 nitrogen and oxygen atoms in total. The molecule has 1 saturated carbocycles. The largest absolute Gasteiger partial charge is 0.462 e. The van der Waals surface area contributed by atoms with Crippen molar-refractivity contribution in [1.29, 1.82) is 0 Å². The van der Waals surface area contributed by atoms with Crippen LogP contribution in [0.1, 0.15) is 47.0 Å². The predicted octanol–water partition coefficient (Wildman–Crippen LogP) is 2.29. The van der Waals surface area contributed by atoms with E-state index in [0.717, 1.165) is 19.3 Å². The summed E-state index contributed by atoms with van der Waals surface area (Å²) < 4.78 is 11.5. The Balaban J connectivity index is 2.19. The van der Waals surface area contributed by atoms with Crippen LogP contribution in [0.15, 0.2) is 0 Å². The van der Waals surface area contributed by atoms with Crippen molar-refractivity contribution in [3.05, 3.63) is 0 Å². The first-order valence-electron chi connectivity index (χ1n) is 5.70. The van der Waals surface area contributed by atoms with Gasteiger partial charge in [0.2, 0.25) is 0 Å². The van der Waals surface area contributed by atoms with Gasteiger partial charge in [0, 0.05) is 19.3 Å². The van der Waals surface area contributed by atoms with Crippen LogP contribution in [-0.2, 0) is 14.3 Å². The molecule has 86 valence electrons. The summed E-state index contributed by atoms with van der Waals surface area (Å²) in [6, 6.07) is 0. The molecule has 0 radical (unpaired) electrons. The number of hydrogen-bond donors (Lipinski definition) is 0. The van der Waals surface area contributed by atoms with Crippen molar-refractivity contribution in [2.75, 3.05) is 0 Å². The lowest BCUT2D eigenvalue weighted by Gasteiger charge is -2.56. The maximum absolute atomic E-state index is 11.0. The molecule has 15 heavy (non-hydrogen) atoms. The summed E-state index contributed by atoms with van der Waals surface area (Å²) >= 11 is 0. The molecule has 0 spiro atoms. The molecule has 3 fully saturated rings. The van der Waals surface area contributed by atoms with Gasteiger partial charge in [-0.05, 0) is 33.6 Å². The molecule has 3 heteroatoms. The van der Waals surface area contributed by atoms with Crippen molar-refractivity contribution in [1.82, 2.24) is 0 Å². The van der Waals surface area contributed by atoms with Crippen LogP contribution in [0.2, 0.25) is 0 Å². The smallest absolute Gasteiger partial charge is 0.302 e. The number of ether oxygens (including phenoxy) is 2. The first-order valence-corrected chi connectivity index (χ1v) is 5.70. The zero-order valence-electron chi connectivity index (χ0n) is 10.0. The molecule has 0 amide bonds. The number of fused-ring (bicyclic) bond motifs is 3. The Labute approximate surface area is 91.1 Å². The average Bonchev–Trinajstić information content (AvgIpc) is 1.97. The molecular formula is C12H20O3. The Bertz CT molecular complexity index is 282. The van der Waals surface area contributed by atoms with Gasteiger partial charge in [-0.2, -0.15) is 0 Å². The van der Waals surface area contributed by atoms with E-state index in [4.69, 9.17) is 9.47 Å². The lowest BCUT2D eigenvalue weighted by atomic mass is 9.67. The standard InChI is InChI=1S/C12H20O3/c1-8(13)14-10-7-12(4)6-5-9(10)11(2,3)15-12/h9-10H,5-7H2,1-4H3/t9-,10+,12+/m0/s1. The van der Waals surface area contributed by atoms with E-state index >= 15 is 0 Å². The quantitative estimate of drug-likeness (QED) is 0.625. The van der Waals surface area contributed by atoms with Crippen LogP contribution in [0.3, 0.4) is 0 Å². The zero-order valence-corrected chi connectivity index (χ0v) is 10.0. The molecule has 0 N–H and O–H groups in total. The molecular weight excluding hydrogens is 192 g/mol. The summed E-state index contributed by atoms with van der Waals surface area (Å²) in [5, 5.41) is 0. The number of carbonyl (C=O) groups excluding carboxylic acids is 1. The van der Waals surface area contributed by atoms with E-state index in [1.54, 1.807) is 0 Å². The predicted molar refractivity (Wildman–Crippen MR) is 56.5 cm³/mol. The normalized spacial score (nSPS) is 42.7. The van der Waals surface area contributed by atoms with Crippen LogP contribution < -0.4 is 0 Å². The third kappa shape index (κ3) is 1.89. The Hall–Kier alpha value is -0.570. The van der Waals surface area contributed by atoms with E-state index < -0.39 is 0 Å². The summed E-state index contributed by atoms with van der Waals surface area (Å²) in [5.41, 5.74) is -0.260. The Morgan fingerprint density at radius 1 is 1.40 bits per heavy atom. The van der Waals surface area contributed by atoms with E-state index in [0.29, 0.717) is 5.92 Å². The number of carbonyl (C=O) groups is 1. The fourth-order valence-corrected chi connectivity index (χ4v) is 3.25. The fourth-order valence-electron chi connectivity index (χ4n) is 3.25. The minimum absolute atomic E-state index is 0.0463. The van der Waals surface area contributed by atoms with Gasteiger partial charge < -0.3 is 9.47 Å². The molecule has 2 saturated heterocycles. The summed E-state index contributed by atoms with van der Waals surface area (Å²) in [6.07, 6.45) is 3.08. The van der Waals surface area contributed by atoms with E-state index in [1.165, 1.54) is 6.92 Å². The summed E-state index contributed by atoms with van der Waals surface area (Å²) in [6.45, 7) is 7.81. The monoisotopic (exact) mass is 212 g/mol. The van der Waals surface area contributed by atoms with Gasteiger partial charge in [-0.15, -0.1) is 0 Å². The number of hydrogen-bond acceptors (Lipinski definition) is 3. The molecule has 2 heterocycles. The molecule has 3 atom stereocenters. The summed E-state index contributed by atoms with van der Waals surface area (Å²) in [7, 11) is 0. The minimum Gasteiger partial charge on any atom is -0.462 e. The molecule has 2 aliphatic heterocycles. The van der Waals surface area contributed by atoms with Crippen LogP contribution in [0.4, 0.5) is 0 Å². The SMILES string of the molecule is CC(=O)O[C@@H]1C[C@@]2(C)CC[C@@H]1C(C)(C)O2. The highest BCUT2D eigenvalue weighted by Crippen LogP contribution is 2.50. The van der Waals surface area contributed by atoms with Crippen LogP contribution in [0.25, 0.3) is 0 Å². The first kappa shape index (κ1) is 10.9. The zero-order chi connectivity index (χ0) is 11.3. The van der Waals surface area contributed by atoms with Crippen molar-refractivity contribution in [2.24, 2.45) is 5.92 Å². The molecule has 0 aromatic heterocycles. The van der Waals surface area contributed by atoms with Crippen molar-refractivity contribution in [3.8, 4) is 0 Å². The Morgan fingerprint density at radius 2 is 2.07 bits per heavy atom. The molecule has 0 aromatic carbocycles. The number of esters is 1. The second-order valence-corrected chi connectivity index (χ2v) is 5.65. The molecule has 3 rings (SSSR count). The second kappa shape index (κ2) is 3.21. The molecule has 0 unspecified atom stereocenters. The second-order valence-electron chi connectivity index (χ2n) is 5.65. The lowest BCUT2D eigenvalue weighted by Crippen LogP contribution is -2.60. The fraction of sp³-hybridized carbons (Fsp3) is 0.917. The Morgan fingerprint density at radius 3 is 2.53 bits per heavy atom. The highest BCUT2D eigenvalue weighted by molar-refractivity contribution is 5.66. The van der Waals surface area contributed by atoms with Gasteiger partial charge in [-0.1, -0.05) is 0 Å². The van der Waals surface area contributed by atoms with E-state index in [1.807, 2.05) is 0 Å². The van der Waals surface area contributed by atoms with Crippen LogP contribution in [0.5, 0.6) is 0 Å². The van der Waals surface area contributed by atoms with Gasteiger partial charge in [0.15, 0.2) is 0 Å². The van der Waals surface area contributed by atoms with Gasteiger partial charge in [0.25, 0.3) is 0 Å². The third-order valence-corrected chi connectivity index (χ3v) is 3.79. The van der Waals surface area contributed by atoms with Gasteiger partial charge in [0.1, 0.15) is 6.10 Å². The topological polar surface area (TPSA) is 35.5 Å².